The van der Waals surface area contributed by atoms with Gasteiger partial charge in [-0.3, -0.25) is 4.79 Å². The maximum Gasteiger partial charge on any atom is 0.150 e. The average molecular weight is 190 g/mol. The number of carbonyl (C=O) groups is 1. The van der Waals surface area contributed by atoms with Gasteiger partial charge < -0.3 is 4.74 Å². The van der Waals surface area contributed by atoms with Crippen molar-refractivity contribution in [2.45, 2.75) is 25.2 Å². The van der Waals surface area contributed by atoms with Crippen molar-refractivity contribution in [1.82, 2.24) is 0 Å². The minimum absolute atomic E-state index is 0.534. The maximum absolute atomic E-state index is 10.9. The Morgan fingerprint density at radius 2 is 2.21 bits per heavy atom. The lowest BCUT2D eigenvalue weighted by Gasteiger charge is -2.28. The van der Waals surface area contributed by atoms with Gasteiger partial charge in [-0.2, -0.15) is 0 Å². The fraction of sp³-hybridized carbons (Fsp3) is 0.417. The van der Waals surface area contributed by atoms with Gasteiger partial charge in [0.15, 0.2) is 0 Å². The van der Waals surface area contributed by atoms with E-state index in [-0.39, 0.29) is 0 Å². The van der Waals surface area contributed by atoms with Gasteiger partial charge in [0.2, 0.25) is 0 Å². The number of hydrogen-bond donors (Lipinski definition) is 0. The van der Waals surface area contributed by atoms with Crippen molar-refractivity contribution in [3.63, 3.8) is 0 Å². The summed E-state index contributed by atoms with van der Waals surface area (Å²) in [6.45, 7) is 0. The molecule has 0 spiro atoms. The third-order valence-electron chi connectivity index (χ3n) is 2.96. The highest BCUT2D eigenvalue weighted by molar-refractivity contribution is 5.79. The molecule has 14 heavy (non-hydrogen) atoms. The first-order chi connectivity index (χ1) is 6.86. The topological polar surface area (TPSA) is 26.3 Å². The normalized spacial score (nSPS) is 16.1. The van der Waals surface area contributed by atoms with E-state index >= 15 is 0 Å². The molecule has 1 aromatic rings. The number of hydrogen-bond acceptors (Lipinski definition) is 2. The molecule has 0 atom stereocenters. The van der Waals surface area contributed by atoms with Crippen LogP contribution in [0.25, 0.3) is 0 Å². The minimum atomic E-state index is 0.534. The lowest BCUT2D eigenvalue weighted by atomic mass is 9.78. The molecule has 1 saturated carbocycles. The van der Waals surface area contributed by atoms with E-state index in [0.29, 0.717) is 5.92 Å². The van der Waals surface area contributed by atoms with E-state index in [4.69, 9.17) is 4.74 Å². The van der Waals surface area contributed by atoms with Crippen LogP contribution in [0.4, 0.5) is 0 Å². The summed E-state index contributed by atoms with van der Waals surface area (Å²) in [5.74, 6) is 1.39. The molecule has 74 valence electrons. The van der Waals surface area contributed by atoms with Crippen molar-refractivity contribution in [1.29, 1.82) is 0 Å². The van der Waals surface area contributed by atoms with Gasteiger partial charge in [-0.25, -0.2) is 0 Å². The van der Waals surface area contributed by atoms with Crippen molar-refractivity contribution < 1.29 is 9.53 Å². The molecule has 1 aromatic carbocycles. The fourth-order valence-corrected chi connectivity index (χ4v) is 1.98. The molecule has 2 nitrogen and oxygen atoms in total. The van der Waals surface area contributed by atoms with E-state index in [9.17, 15) is 4.79 Å². The predicted molar refractivity (Wildman–Crippen MR) is 55.0 cm³/mol. The smallest absolute Gasteiger partial charge is 0.150 e. The molecular weight excluding hydrogens is 176 g/mol. The lowest BCUT2D eigenvalue weighted by molar-refractivity contribution is 0.112. The molecule has 2 heteroatoms. The second-order valence-corrected chi connectivity index (χ2v) is 3.71. The van der Waals surface area contributed by atoms with E-state index in [0.717, 1.165) is 23.2 Å². The summed E-state index contributed by atoms with van der Waals surface area (Å²) in [6, 6.07) is 5.66. The summed E-state index contributed by atoms with van der Waals surface area (Å²) >= 11 is 0. The second-order valence-electron chi connectivity index (χ2n) is 3.71. The van der Waals surface area contributed by atoms with Crippen LogP contribution in [0, 0.1) is 0 Å². The van der Waals surface area contributed by atoms with Gasteiger partial charge >= 0.3 is 0 Å². The predicted octanol–water partition coefficient (Wildman–Crippen LogP) is 2.78. The molecular formula is C12H14O2. The van der Waals surface area contributed by atoms with Crippen LogP contribution >= 0.6 is 0 Å². The minimum Gasteiger partial charge on any atom is -0.496 e. The molecule has 1 fully saturated rings. The quantitative estimate of drug-likeness (QED) is 0.685. The standard InChI is InChI=1S/C12H14O2/c1-14-11-7-3-6-10(8-13)12(11)9-4-2-5-9/h3,6-9H,2,4-5H2,1H3. The molecule has 0 radical (unpaired) electrons. The molecule has 0 bridgehead atoms. The summed E-state index contributed by atoms with van der Waals surface area (Å²) in [7, 11) is 1.66. The van der Waals surface area contributed by atoms with Crippen LogP contribution in [0.15, 0.2) is 18.2 Å². The Kier molecular flexibility index (Phi) is 2.53. The van der Waals surface area contributed by atoms with Crippen LogP contribution in [-0.2, 0) is 0 Å². The Morgan fingerprint density at radius 3 is 2.71 bits per heavy atom. The van der Waals surface area contributed by atoms with Crippen molar-refractivity contribution in [2.24, 2.45) is 0 Å². The zero-order valence-electron chi connectivity index (χ0n) is 8.32. The van der Waals surface area contributed by atoms with E-state index in [1.165, 1.54) is 19.3 Å². The van der Waals surface area contributed by atoms with Crippen LogP contribution in [0.3, 0.4) is 0 Å². The third-order valence-corrected chi connectivity index (χ3v) is 2.96. The Morgan fingerprint density at radius 1 is 1.43 bits per heavy atom. The van der Waals surface area contributed by atoms with Crippen LogP contribution in [0.2, 0.25) is 0 Å². The number of ether oxygens (including phenoxy) is 1. The van der Waals surface area contributed by atoms with Crippen molar-refractivity contribution >= 4 is 6.29 Å². The van der Waals surface area contributed by atoms with E-state index in [2.05, 4.69) is 0 Å². The van der Waals surface area contributed by atoms with Crippen LogP contribution < -0.4 is 4.74 Å². The summed E-state index contributed by atoms with van der Waals surface area (Å²) in [5, 5.41) is 0. The molecule has 1 aliphatic carbocycles. The van der Waals surface area contributed by atoms with Gasteiger partial charge in [-0.05, 0) is 24.8 Å². The van der Waals surface area contributed by atoms with Crippen LogP contribution in [-0.4, -0.2) is 13.4 Å². The van der Waals surface area contributed by atoms with Gasteiger partial charge in [0, 0.05) is 11.1 Å². The van der Waals surface area contributed by atoms with Gasteiger partial charge in [0.1, 0.15) is 12.0 Å². The Bertz CT molecular complexity index is 340. The number of carbonyl (C=O) groups excluding carboxylic acids is 1. The fourth-order valence-electron chi connectivity index (χ4n) is 1.98. The van der Waals surface area contributed by atoms with Gasteiger partial charge in [0.05, 0.1) is 7.11 Å². The average Bonchev–Trinajstić information content (AvgIpc) is 2.15. The van der Waals surface area contributed by atoms with E-state index in [1.807, 2.05) is 18.2 Å². The highest BCUT2D eigenvalue weighted by Crippen LogP contribution is 2.42. The van der Waals surface area contributed by atoms with Gasteiger partial charge in [-0.1, -0.05) is 18.6 Å². The van der Waals surface area contributed by atoms with Gasteiger partial charge in [0.25, 0.3) is 0 Å². The highest BCUT2D eigenvalue weighted by atomic mass is 16.5. The molecule has 0 heterocycles. The number of benzene rings is 1. The number of methoxy groups -OCH3 is 1. The summed E-state index contributed by atoms with van der Waals surface area (Å²) in [4.78, 5) is 10.9. The van der Waals surface area contributed by atoms with Crippen molar-refractivity contribution in [3.8, 4) is 5.75 Å². The first kappa shape index (κ1) is 9.25. The largest absolute Gasteiger partial charge is 0.496 e. The first-order valence-corrected chi connectivity index (χ1v) is 4.99. The van der Waals surface area contributed by atoms with Crippen molar-refractivity contribution in [2.75, 3.05) is 7.11 Å². The Balaban J connectivity index is 2.44. The maximum atomic E-state index is 10.9. The summed E-state index contributed by atoms with van der Waals surface area (Å²) < 4.78 is 5.29. The van der Waals surface area contributed by atoms with Crippen LogP contribution in [0.1, 0.15) is 41.1 Å². The lowest BCUT2D eigenvalue weighted by Crippen LogP contribution is -2.12. The molecule has 0 unspecified atom stereocenters. The Labute approximate surface area is 83.9 Å². The number of rotatable bonds is 3. The summed E-state index contributed by atoms with van der Waals surface area (Å²) in [6.07, 6.45) is 4.56. The molecule has 1 aliphatic rings. The number of aldehydes is 1. The third kappa shape index (κ3) is 1.41. The summed E-state index contributed by atoms with van der Waals surface area (Å²) in [5.41, 5.74) is 1.89. The molecule has 0 N–H and O–H groups in total. The zero-order valence-corrected chi connectivity index (χ0v) is 8.32. The molecule has 0 amide bonds. The van der Waals surface area contributed by atoms with Crippen LogP contribution in [0.5, 0.6) is 5.75 Å². The van der Waals surface area contributed by atoms with E-state index < -0.39 is 0 Å². The molecule has 2 rings (SSSR count). The molecule has 0 aliphatic heterocycles. The zero-order chi connectivity index (χ0) is 9.97. The molecule has 0 aromatic heterocycles. The molecule has 0 saturated heterocycles. The highest BCUT2D eigenvalue weighted by Gasteiger charge is 2.25. The van der Waals surface area contributed by atoms with E-state index in [1.54, 1.807) is 7.11 Å². The SMILES string of the molecule is COc1cccc(C=O)c1C1CCC1. The van der Waals surface area contributed by atoms with Gasteiger partial charge in [-0.15, -0.1) is 0 Å². The Hall–Kier alpha value is -1.31. The van der Waals surface area contributed by atoms with Crippen molar-refractivity contribution in [3.05, 3.63) is 29.3 Å². The monoisotopic (exact) mass is 190 g/mol. The first-order valence-electron chi connectivity index (χ1n) is 4.99. The second kappa shape index (κ2) is 3.82.